The Kier molecular flexibility index (Phi) is 4.69. The van der Waals surface area contributed by atoms with Gasteiger partial charge in [-0.15, -0.1) is 0 Å². The fourth-order valence-corrected chi connectivity index (χ4v) is 3.56. The van der Waals surface area contributed by atoms with Gasteiger partial charge in [0.1, 0.15) is 5.69 Å². The number of aromatic nitrogens is 5. The molecule has 3 N–H and O–H groups in total. The lowest BCUT2D eigenvalue weighted by Gasteiger charge is -2.29. The lowest BCUT2D eigenvalue weighted by molar-refractivity contribution is 0.148. The number of hydrogen-bond acceptors (Lipinski definition) is 6. The van der Waals surface area contributed by atoms with Crippen LogP contribution in [-0.4, -0.2) is 36.8 Å². The van der Waals surface area contributed by atoms with Crippen LogP contribution in [0.25, 0.3) is 22.0 Å². The Hall–Kier alpha value is -2.68. The summed E-state index contributed by atoms with van der Waals surface area (Å²) in [5.74, 6) is 0.390. The first-order valence-corrected chi connectivity index (χ1v) is 8.98. The van der Waals surface area contributed by atoms with Gasteiger partial charge in [-0.05, 0) is 12.8 Å². The quantitative estimate of drug-likeness (QED) is 0.730. The number of anilines is 1. The van der Waals surface area contributed by atoms with Crippen molar-refractivity contribution in [1.29, 1.82) is 0 Å². The van der Waals surface area contributed by atoms with Crippen LogP contribution in [-0.2, 0) is 7.05 Å². The number of pyridine rings is 1. The number of hydrogen-bond donors (Lipinski definition) is 2. The van der Waals surface area contributed by atoms with E-state index in [-0.39, 0.29) is 23.2 Å². The average molecular weight is 373 g/mol. The molecule has 3 aromatic rings. The maximum atomic E-state index is 13.4. The summed E-state index contributed by atoms with van der Waals surface area (Å²) in [6.45, 7) is 0. The molecule has 0 aliphatic heterocycles. The smallest absolute Gasteiger partial charge is 0.281 e. The molecule has 1 fully saturated rings. The van der Waals surface area contributed by atoms with Gasteiger partial charge in [0.05, 0.1) is 11.7 Å². The van der Waals surface area contributed by atoms with E-state index in [2.05, 4.69) is 25.4 Å². The summed E-state index contributed by atoms with van der Waals surface area (Å²) in [4.78, 5) is 12.7. The molecule has 0 bridgehead atoms. The Balaban J connectivity index is 1.79. The van der Waals surface area contributed by atoms with Gasteiger partial charge in [-0.3, -0.25) is 9.67 Å². The summed E-state index contributed by atoms with van der Waals surface area (Å²) in [6, 6.07) is 0.111. The molecule has 142 valence electrons. The van der Waals surface area contributed by atoms with Crippen LogP contribution in [0.2, 0.25) is 0 Å². The summed E-state index contributed by atoms with van der Waals surface area (Å²) in [5, 5.41) is 7.67. The van der Waals surface area contributed by atoms with Gasteiger partial charge in [0.15, 0.2) is 0 Å². The summed E-state index contributed by atoms with van der Waals surface area (Å²) in [7, 11) is 1.79. The molecule has 7 nitrogen and oxygen atoms in total. The first-order valence-electron chi connectivity index (χ1n) is 8.98. The Morgan fingerprint density at radius 2 is 2.00 bits per heavy atom. The third kappa shape index (κ3) is 3.46. The summed E-state index contributed by atoms with van der Waals surface area (Å²) in [6.07, 6.45) is 7.69. The molecule has 4 rings (SSSR count). The van der Waals surface area contributed by atoms with E-state index >= 15 is 0 Å². The third-order valence-electron chi connectivity index (χ3n) is 5.01. The number of halogens is 2. The normalized spacial score (nSPS) is 20.3. The minimum atomic E-state index is -2.70. The van der Waals surface area contributed by atoms with Crippen molar-refractivity contribution in [3.63, 3.8) is 0 Å². The Morgan fingerprint density at radius 1 is 1.19 bits per heavy atom. The van der Waals surface area contributed by atoms with Gasteiger partial charge in [0.2, 0.25) is 5.95 Å². The number of nitrogens with zero attached hydrogens (tertiary/aromatic N) is 5. The van der Waals surface area contributed by atoms with Gasteiger partial charge >= 0.3 is 0 Å². The van der Waals surface area contributed by atoms with Crippen LogP contribution in [0.1, 0.15) is 37.8 Å². The lowest BCUT2D eigenvalue weighted by Crippen LogP contribution is -2.42. The van der Waals surface area contributed by atoms with Crippen molar-refractivity contribution in [3.8, 4) is 11.1 Å². The van der Waals surface area contributed by atoms with E-state index in [1.165, 1.54) is 12.4 Å². The summed E-state index contributed by atoms with van der Waals surface area (Å²) in [5.41, 5.74) is 7.69. The second kappa shape index (κ2) is 7.15. The predicted molar refractivity (Wildman–Crippen MR) is 98.3 cm³/mol. The summed E-state index contributed by atoms with van der Waals surface area (Å²) < 4.78 is 28.4. The zero-order valence-corrected chi connectivity index (χ0v) is 14.9. The van der Waals surface area contributed by atoms with Crippen molar-refractivity contribution in [2.24, 2.45) is 12.8 Å². The molecule has 2 unspecified atom stereocenters. The van der Waals surface area contributed by atoms with Gasteiger partial charge in [0.25, 0.3) is 6.43 Å². The van der Waals surface area contributed by atoms with E-state index in [9.17, 15) is 8.78 Å². The van der Waals surface area contributed by atoms with E-state index in [0.29, 0.717) is 17.0 Å². The standard InChI is InChI=1S/C18H21F2N7/c1-27-9-10(6-24-27)11-7-22-16(17(19)20)12-8-23-18(26-15(11)12)25-14-5-3-2-4-13(14)21/h6-9,13-14,17H,2-5,21H2,1H3,(H,23,25,26). The molecule has 3 aromatic heterocycles. The Morgan fingerprint density at radius 3 is 2.70 bits per heavy atom. The molecular formula is C18H21F2N7. The molecule has 1 aliphatic rings. The maximum absolute atomic E-state index is 13.4. The van der Waals surface area contributed by atoms with Crippen molar-refractivity contribution < 1.29 is 8.78 Å². The fraction of sp³-hybridized carbons (Fsp3) is 0.444. The highest BCUT2D eigenvalue weighted by Gasteiger charge is 2.23. The van der Waals surface area contributed by atoms with Gasteiger partial charge in [0, 0.05) is 54.2 Å². The maximum Gasteiger partial charge on any atom is 0.281 e. The zero-order chi connectivity index (χ0) is 19.0. The van der Waals surface area contributed by atoms with Gasteiger partial charge in [-0.2, -0.15) is 5.10 Å². The van der Waals surface area contributed by atoms with Crippen LogP contribution >= 0.6 is 0 Å². The molecular weight excluding hydrogens is 352 g/mol. The van der Waals surface area contributed by atoms with Crippen LogP contribution in [0.15, 0.2) is 24.8 Å². The van der Waals surface area contributed by atoms with Crippen LogP contribution in [0.4, 0.5) is 14.7 Å². The van der Waals surface area contributed by atoms with Crippen LogP contribution in [0.3, 0.4) is 0 Å². The third-order valence-corrected chi connectivity index (χ3v) is 5.01. The molecule has 0 spiro atoms. The minimum Gasteiger partial charge on any atom is -0.350 e. The number of alkyl halides is 2. The topological polar surface area (TPSA) is 94.5 Å². The highest BCUT2D eigenvalue weighted by molar-refractivity contribution is 5.94. The molecule has 0 aromatic carbocycles. The van der Waals surface area contributed by atoms with Gasteiger partial charge < -0.3 is 11.1 Å². The van der Waals surface area contributed by atoms with Crippen molar-refractivity contribution in [2.75, 3.05) is 5.32 Å². The lowest BCUT2D eigenvalue weighted by atomic mass is 9.91. The molecule has 0 amide bonds. The van der Waals surface area contributed by atoms with Crippen LogP contribution in [0.5, 0.6) is 0 Å². The fourth-order valence-electron chi connectivity index (χ4n) is 3.56. The monoisotopic (exact) mass is 373 g/mol. The first-order chi connectivity index (χ1) is 13.0. The van der Waals surface area contributed by atoms with E-state index in [1.54, 1.807) is 24.1 Å². The van der Waals surface area contributed by atoms with Crippen molar-refractivity contribution in [3.05, 3.63) is 30.5 Å². The molecule has 1 saturated carbocycles. The van der Waals surface area contributed by atoms with E-state index < -0.39 is 6.43 Å². The van der Waals surface area contributed by atoms with E-state index in [4.69, 9.17) is 5.73 Å². The predicted octanol–water partition coefficient (Wildman–Crippen LogP) is 3.04. The summed E-state index contributed by atoms with van der Waals surface area (Å²) >= 11 is 0. The second-order valence-corrected chi connectivity index (χ2v) is 6.92. The van der Waals surface area contributed by atoms with Gasteiger partial charge in [-0.1, -0.05) is 12.8 Å². The number of nitrogens with two attached hydrogens (primary N) is 1. The highest BCUT2D eigenvalue weighted by Crippen LogP contribution is 2.32. The Labute approximate surface area is 155 Å². The molecule has 1 aliphatic carbocycles. The molecule has 27 heavy (non-hydrogen) atoms. The number of nitrogens with one attached hydrogen (secondary N) is 1. The van der Waals surface area contributed by atoms with Crippen molar-refractivity contribution in [1.82, 2.24) is 24.7 Å². The Bertz CT molecular complexity index is 956. The molecule has 9 heteroatoms. The van der Waals surface area contributed by atoms with Crippen LogP contribution in [0, 0.1) is 0 Å². The first kappa shape index (κ1) is 17.7. The molecule has 2 atom stereocenters. The van der Waals surface area contributed by atoms with Gasteiger partial charge in [-0.25, -0.2) is 18.7 Å². The SMILES string of the molecule is Cn1cc(-c2cnc(C(F)F)c3cnc(NC4CCCCC4N)nc23)cn1. The molecule has 0 radical (unpaired) electrons. The minimum absolute atomic E-state index is 0.0323. The van der Waals surface area contributed by atoms with E-state index in [1.807, 2.05) is 0 Å². The highest BCUT2D eigenvalue weighted by atomic mass is 19.3. The number of fused-ring (bicyclic) bond motifs is 1. The zero-order valence-electron chi connectivity index (χ0n) is 14.9. The average Bonchev–Trinajstić information content (AvgIpc) is 3.08. The number of aryl methyl sites for hydroxylation is 1. The van der Waals surface area contributed by atoms with Crippen molar-refractivity contribution in [2.45, 2.75) is 44.2 Å². The second-order valence-electron chi connectivity index (χ2n) is 6.92. The molecule has 3 heterocycles. The molecule has 0 saturated heterocycles. The van der Waals surface area contributed by atoms with Crippen LogP contribution < -0.4 is 11.1 Å². The largest absolute Gasteiger partial charge is 0.350 e. The van der Waals surface area contributed by atoms with Crippen molar-refractivity contribution >= 4 is 16.9 Å². The van der Waals surface area contributed by atoms with E-state index in [0.717, 1.165) is 31.2 Å². The number of rotatable bonds is 4.